The molecular weight excluding hydrogens is 464 g/mol. The number of methoxy groups -OCH3 is 1. The van der Waals surface area contributed by atoms with Crippen molar-refractivity contribution in [3.63, 3.8) is 0 Å². The summed E-state index contributed by atoms with van der Waals surface area (Å²) in [6.45, 7) is 1.54. The Balaban J connectivity index is 1.71. The van der Waals surface area contributed by atoms with Gasteiger partial charge in [0.1, 0.15) is 17.4 Å². The topological polar surface area (TPSA) is 117 Å². The molecule has 0 bridgehead atoms. The minimum Gasteiger partial charge on any atom is -0.507 e. The van der Waals surface area contributed by atoms with Crippen molar-refractivity contribution in [3.05, 3.63) is 63.3 Å². The first kappa shape index (κ1) is 22.2. The van der Waals surface area contributed by atoms with E-state index < -0.39 is 12.5 Å². The summed E-state index contributed by atoms with van der Waals surface area (Å²) < 4.78 is 11.3. The molecule has 2 aromatic carbocycles. The molecule has 3 aromatic rings. The van der Waals surface area contributed by atoms with Crippen LogP contribution in [0.25, 0.3) is 10.8 Å². The Morgan fingerprint density at radius 3 is 2.87 bits per heavy atom. The number of ether oxygens (including phenoxy) is 2. The van der Waals surface area contributed by atoms with E-state index in [-0.39, 0.29) is 23.8 Å². The van der Waals surface area contributed by atoms with Gasteiger partial charge in [0, 0.05) is 22.7 Å². The summed E-state index contributed by atoms with van der Waals surface area (Å²) in [5, 5.41) is 25.3. The van der Waals surface area contributed by atoms with E-state index >= 15 is 0 Å². The molecule has 0 spiro atoms. The molecule has 0 fully saturated rings. The molecule has 0 aliphatic rings. The number of aryl methyl sites for hydroxylation is 1. The SMILES string of the molecule is COCc1c(Br)c(C)nc(OCC(=O)N/N=C/c2c(O)ccc3ccccc23)c1C#N. The van der Waals surface area contributed by atoms with Gasteiger partial charge in [0.15, 0.2) is 6.61 Å². The van der Waals surface area contributed by atoms with Gasteiger partial charge >= 0.3 is 0 Å². The first-order chi connectivity index (χ1) is 15.0. The molecule has 0 aliphatic carbocycles. The van der Waals surface area contributed by atoms with Crippen molar-refractivity contribution in [1.29, 1.82) is 5.26 Å². The van der Waals surface area contributed by atoms with Crippen molar-refractivity contribution in [2.75, 3.05) is 13.7 Å². The lowest BCUT2D eigenvalue weighted by atomic mass is 10.0. The second-order valence-electron chi connectivity index (χ2n) is 6.52. The van der Waals surface area contributed by atoms with Crippen LogP contribution in [0, 0.1) is 18.3 Å². The van der Waals surface area contributed by atoms with Crippen LogP contribution in [0.3, 0.4) is 0 Å². The Labute approximate surface area is 187 Å². The van der Waals surface area contributed by atoms with E-state index in [9.17, 15) is 15.2 Å². The highest BCUT2D eigenvalue weighted by Crippen LogP contribution is 2.30. The van der Waals surface area contributed by atoms with Crippen molar-refractivity contribution in [2.24, 2.45) is 5.10 Å². The minimum absolute atomic E-state index is 0.0427. The average Bonchev–Trinajstić information content (AvgIpc) is 2.77. The van der Waals surface area contributed by atoms with Gasteiger partial charge in [-0.2, -0.15) is 10.4 Å². The predicted molar refractivity (Wildman–Crippen MR) is 119 cm³/mol. The maximum Gasteiger partial charge on any atom is 0.278 e. The number of fused-ring (bicyclic) bond motifs is 1. The molecule has 0 saturated carbocycles. The Morgan fingerprint density at radius 1 is 1.35 bits per heavy atom. The number of aromatic hydroxyl groups is 1. The average molecular weight is 483 g/mol. The van der Waals surface area contributed by atoms with Gasteiger partial charge in [-0.05, 0) is 39.7 Å². The molecule has 1 heterocycles. The van der Waals surface area contributed by atoms with Crippen LogP contribution >= 0.6 is 15.9 Å². The number of amides is 1. The summed E-state index contributed by atoms with van der Waals surface area (Å²) in [6, 6.07) is 12.9. The Kier molecular flexibility index (Phi) is 7.18. The van der Waals surface area contributed by atoms with Crippen LogP contribution in [0.5, 0.6) is 11.6 Å². The zero-order valence-corrected chi connectivity index (χ0v) is 18.4. The van der Waals surface area contributed by atoms with Crippen molar-refractivity contribution in [2.45, 2.75) is 13.5 Å². The molecular formula is C22H19BrN4O4. The largest absolute Gasteiger partial charge is 0.507 e. The van der Waals surface area contributed by atoms with E-state index in [4.69, 9.17) is 9.47 Å². The second kappa shape index (κ2) is 10.0. The molecule has 3 rings (SSSR count). The molecule has 0 aliphatic heterocycles. The zero-order valence-electron chi connectivity index (χ0n) is 16.8. The summed E-state index contributed by atoms with van der Waals surface area (Å²) in [6.07, 6.45) is 1.37. The second-order valence-corrected chi connectivity index (χ2v) is 7.31. The van der Waals surface area contributed by atoms with Gasteiger partial charge in [-0.15, -0.1) is 0 Å². The molecule has 9 heteroatoms. The fourth-order valence-corrected chi connectivity index (χ4v) is 3.37. The van der Waals surface area contributed by atoms with E-state index in [1.807, 2.05) is 30.3 Å². The van der Waals surface area contributed by atoms with E-state index in [2.05, 4.69) is 31.4 Å². The van der Waals surface area contributed by atoms with Crippen LogP contribution in [-0.4, -0.2) is 35.9 Å². The van der Waals surface area contributed by atoms with Crippen molar-refractivity contribution in [3.8, 4) is 17.7 Å². The number of carbonyl (C=O) groups is 1. The number of phenolic OH excluding ortho intramolecular Hbond substituents is 1. The van der Waals surface area contributed by atoms with Crippen molar-refractivity contribution >= 4 is 38.8 Å². The van der Waals surface area contributed by atoms with E-state index in [0.29, 0.717) is 21.3 Å². The third-order valence-electron chi connectivity index (χ3n) is 4.44. The van der Waals surface area contributed by atoms with Crippen LogP contribution in [0.15, 0.2) is 46.0 Å². The summed E-state index contributed by atoms with van der Waals surface area (Å²) in [5.41, 5.74) is 4.22. The number of hydrogen-bond acceptors (Lipinski definition) is 7. The maximum atomic E-state index is 12.2. The third-order valence-corrected chi connectivity index (χ3v) is 5.49. The number of rotatable bonds is 7. The van der Waals surface area contributed by atoms with Gasteiger partial charge in [-0.25, -0.2) is 10.4 Å². The first-order valence-corrected chi connectivity index (χ1v) is 9.99. The summed E-state index contributed by atoms with van der Waals surface area (Å²) in [4.78, 5) is 16.4. The number of nitrogens with zero attached hydrogens (tertiary/aromatic N) is 3. The van der Waals surface area contributed by atoms with Gasteiger partial charge in [-0.3, -0.25) is 4.79 Å². The molecule has 158 valence electrons. The summed E-state index contributed by atoms with van der Waals surface area (Å²) in [5.74, 6) is -0.455. The van der Waals surface area contributed by atoms with Gasteiger partial charge in [0.2, 0.25) is 5.88 Å². The van der Waals surface area contributed by atoms with Crippen molar-refractivity contribution in [1.82, 2.24) is 10.4 Å². The Bertz CT molecular complexity index is 1200. The van der Waals surface area contributed by atoms with Crippen LogP contribution in [0.1, 0.15) is 22.4 Å². The van der Waals surface area contributed by atoms with Crippen molar-refractivity contribution < 1.29 is 19.4 Å². The van der Waals surface area contributed by atoms with Gasteiger partial charge in [0.25, 0.3) is 5.91 Å². The number of carbonyl (C=O) groups excluding carboxylic acids is 1. The first-order valence-electron chi connectivity index (χ1n) is 9.19. The Morgan fingerprint density at radius 2 is 2.13 bits per heavy atom. The number of pyridine rings is 1. The molecule has 1 amide bonds. The van der Waals surface area contributed by atoms with Crippen LogP contribution in [0.2, 0.25) is 0 Å². The zero-order chi connectivity index (χ0) is 22.4. The van der Waals surface area contributed by atoms with Gasteiger partial charge in [0.05, 0.1) is 18.5 Å². The highest BCUT2D eigenvalue weighted by Gasteiger charge is 2.18. The molecule has 0 saturated heterocycles. The predicted octanol–water partition coefficient (Wildman–Crippen LogP) is 3.56. The number of nitriles is 1. The molecule has 2 N–H and O–H groups in total. The third kappa shape index (κ3) is 4.99. The van der Waals surface area contributed by atoms with E-state index in [0.717, 1.165) is 10.8 Å². The highest BCUT2D eigenvalue weighted by molar-refractivity contribution is 9.10. The number of aromatic nitrogens is 1. The van der Waals surface area contributed by atoms with E-state index in [1.54, 1.807) is 19.1 Å². The highest BCUT2D eigenvalue weighted by atomic mass is 79.9. The number of benzene rings is 2. The molecule has 1 aromatic heterocycles. The number of nitrogens with one attached hydrogen (secondary N) is 1. The fraction of sp³-hybridized carbons (Fsp3) is 0.182. The normalized spacial score (nSPS) is 10.9. The van der Waals surface area contributed by atoms with Crippen LogP contribution in [-0.2, 0) is 16.1 Å². The van der Waals surface area contributed by atoms with Crippen LogP contribution in [0.4, 0.5) is 0 Å². The lowest BCUT2D eigenvalue weighted by molar-refractivity contribution is -0.123. The standard InChI is InChI=1S/C22H19BrN4O4/c1-13-21(23)18(11-30-2)16(9-24)22(26-13)31-12-20(29)27-25-10-17-15-6-4-3-5-14(15)7-8-19(17)28/h3-8,10,28H,11-12H2,1-2H3,(H,27,29)/b25-10+. The monoisotopic (exact) mass is 482 g/mol. The maximum absolute atomic E-state index is 12.2. The number of halogens is 1. The lowest BCUT2D eigenvalue weighted by Gasteiger charge is -2.13. The molecule has 8 nitrogen and oxygen atoms in total. The molecule has 0 radical (unpaired) electrons. The number of hydrogen-bond donors (Lipinski definition) is 2. The summed E-state index contributed by atoms with van der Waals surface area (Å²) in [7, 11) is 1.52. The smallest absolute Gasteiger partial charge is 0.278 e. The lowest BCUT2D eigenvalue weighted by Crippen LogP contribution is -2.25. The number of hydrazone groups is 1. The minimum atomic E-state index is -0.546. The summed E-state index contributed by atoms with van der Waals surface area (Å²) >= 11 is 3.40. The Hall–Kier alpha value is -3.48. The fourth-order valence-electron chi connectivity index (χ4n) is 2.97. The van der Waals surface area contributed by atoms with Gasteiger partial charge in [-0.1, -0.05) is 30.3 Å². The quantitative estimate of drug-likeness (QED) is 0.392. The van der Waals surface area contributed by atoms with E-state index in [1.165, 1.54) is 13.3 Å². The van der Waals surface area contributed by atoms with Crippen LogP contribution < -0.4 is 10.2 Å². The number of phenols is 1. The van der Waals surface area contributed by atoms with Gasteiger partial charge < -0.3 is 14.6 Å². The molecule has 31 heavy (non-hydrogen) atoms. The molecule has 0 atom stereocenters. The molecule has 0 unspecified atom stereocenters.